The standard InChI is InChI=1S/C8H19NO/c1-4-5-6-7-10-8(2)9-3/h8-9H,4-7H2,1-3H3. The number of rotatable bonds is 6. The first-order valence-electron chi connectivity index (χ1n) is 4.10. The molecule has 1 N–H and O–H groups in total. The molecule has 0 aromatic carbocycles. The van der Waals surface area contributed by atoms with Gasteiger partial charge in [0, 0.05) is 6.61 Å². The van der Waals surface area contributed by atoms with Gasteiger partial charge < -0.3 is 4.74 Å². The predicted molar refractivity (Wildman–Crippen MR) is 44.0 cm³/mol. The maximum Gasteiger partial charge on any atom is 0.105 e. The fraction of sp³-hybridized carbons (Fsp3) is 1.00. The molecule has 62 valence electrons. The molecule has 1 unspecified atom stereocenters. The van der Waals surface area contributed by atoms with Gasteiger partial charge in [-0.2, -0.15) is 0 Å². The van der Waals surface area contributed by atoms with Crippen LogP contribution in [0.4, 0.5) is 0 Å². The van der Waals surface area contributed by atoms with Gasteiger partial charge in [-0.3, -0.25) is 5.32 Å². The Labute approximate surface area is 64.0 Å². The zero-order valence-corrected chi connectivity index (χ0v) is 7.31. The van der Waals surface area contributed by atoms with Crippen molar-refractivity contribution in [3.8, 4) is 0 Å². The number of nitrogens with one attached hydrogen (secondary N) is 1. The lowest BCUT2D eigenvalue weighted by Crippen LogP contribution is -2.24. The second kappa shape index (κ2) is 7.03. The Bertz CT molecular complexity index is 66.3. The van der Waals surface area contributed by atoms with Crippen LogP contribution in [0.1, 0.15) is 33.1 Å². The number of hydrogen-bond donors (Lipinski definition) is 1. The van der Waals surface area contributed by atoms with Crippen molar-refractivity contribution in [1.82, 2.24) is 5.32 Å². The fourth-order valence-corrected chi connectivity index (χ4v) is 0.696. The monoisotopic (exact) mass is 145 g/mol. The van der Waals surface area contributed by atoms with E-state index in [-0.39, 0.29) is 6.23 Å². The Balaban J connectivity index is 2.89. The molecular formula is C8H19NO. The van der Waals surface area contributed by atoms with Crippen LogP contribution in [0, 0.1) is 0 Å². The van der Waals surface area contributed by atoms with Gasteiger partial charge >= 0.3 is 0 Å². The van der Waals surface area contributed by atoms with E-state index in [4.69, 9.17) is 4.74 Å². The quantitative estimate of drug-likeness (QED) is 0.454. The topological polar surface area (TPSA) is 21.3 Å². The van der Waals surface area contributed by atoms with Crippen molar-refractivity contribution in [3.63, 3.8) is 0 Å². The van der Waals surface area contributed by atoms with Crippen molar-refractivity contribution in [1.29, 1.82) is 0 Å². The Morgan fingerprint density at radius 1 is 1.40 bits per heavy atom. The number of unbranched alkanes of at least 4 members (excludes halogenated alkanes) is 2. The zero-order valence-electron chi connectivity index (χ0n) is 7.31. The molecule has 2 nitrogen and oxygen atoms in total. The Kier molecular flexibility index (Phi) is 6.98. The molecule has 10 heavy (non-hydrogen) atoms. The van der Waals surface area contributed by atoms with Gasteiger partial charge in [0.1, 0.15) is 6.23 Å². The van der Waals surface area contributed by atoms with Crippen molar-refractivity contribution in [2.45, 2.75) is 39.3 Å². The van der Waals surface area contributed by atoms with Gasteiger partial charge in [0.25, 0.3) is 0 Å². The van der Waals surface area contributed by atoms with Crippen LogP contribution in [-0.4, -0.2) is 19.9 Å². The van der Waals surface area contributed by atoms with Crippen molar-refractivity contribution in [3.05, 3.63) is 0 Å². The van der Waals surface area contributed by atoms with Gasteiger partial charge in [0.15, 0.2) is 0 Å². The van der Waals surface area contributed by atoms with E-state index >= 15 is 0 Å². The van der Waals surface area contributed by atoms with Gasteiger partial charge in [-0.25, -0.2) is 0 Å². The van der Waals surface area contributed by atoms with Crippen LogP contribution in [0.5, 0.6) is 0 Å². The fourth-order valence-electron chi connectivity index (χ4n) is 0.696. The number of hydrogen-bond acceptors (Lipinski definition) is 2. The molecule has 0 fully saturated rings. The average Bonchev–Trinajstić information content (AvgIpc) is 1.98. The van der Waals surface area contributed by atoms with E-state index in [1.54, 1.807) is 0 Å². The third-order valence-corrected chi connectivity index (χ3v) is 1.52. The molecule has 0 aliphatic carbocycles. The first kappa shape index (κ1) is 9.92. The molecule has 0 rings (SSSR count). The van der Waals surface area contributed by atoms with E-state index in [9.17, 15) is 0 Å². The molecule has 0 saturated heterocycles. The lowest BCUT2D eigenvalue weighted by atomic mass is 10.3. The summed E-state index contributed by atoms with van der Waals surface area (Å²) < 4.78 is 5.38. The molecular weight excluding hydrogens is 126 g/mol. The normalized spacial score (nSPS) is 13.5. The van der Waals surface area contributed by atoms with Gasteiger partial charge in [0.05, 0.1) is 0 Å². The summed E-state index contributed by atoms with van der Waals surface area (Å²) in [5, 5.41) is 3.02. The second-order valence-electron chi connectivity index (χ2n) is 2.51. The second-order valence-corrected chi connectivity index (χ2v) is 2.51. The van der Waals surface area contributed by atoms with E-state index in [1.165, 1.54) is 19.3 Å². The summed E-state index contributed by atoms with van der Waals surface area (Å²) in [6.07, 6.45) is 3.92. The summed E-state index contributed by atoms with van der Waals surface area (Å²) in [4.78, 5) is 0. The predicted octanol–water partition coefficient (Wildman–Crippen LogP) is 1.76. The molecule has 0 aromatic rings. The summed E-state index contributed by atoms with van der Waals surface area (Å²) in [7, 11) is 1.91. The van der Waals surface area contributed by atoms with Gasteiger partial charge in [-0.1, -0.05) is 19.8 Å². The molecule has 0 aromatic heterocycles. The highest BCUT2D eigenvalue weighted by molar-refractivity contribution is 4.41. The van der Waals surface area contributed by atoms with Crippen LogP contribution in [0.2, 0.25) is 0 Å². The molecule has 0 aliphatic rings. The molecule has 0 spiro atoms. The third-order valence-electron chi connectivity index (χ3n) is 1.52. The van der Waals surface area contributed by atoms with Gasteiger partial charge in [0.2, 0.25) is 0 Å². The van der Waals surface area contributed by atoms with E-state index in [0.717, 1.165) is 6.61 Å². The maximum absolute atomic E-state index is 5.38. The van der Waals surface area contributed by atoms with Crippen molar-refractivity contribution >= 4 is 0 Å². The third kappa shape index (κ3) is 6.05. The molecule has 0 amide bonds. The Hall–Kier alpha value is -0.0800. The summed E-state index contributed by atoms with van der Waals surface area (Å²) in [5.74, 6) is 0. The molecule has 2 heteroatoms. The minimum atomic E-state index is 0.205. The summed E-state index contributed by atoms with van der Waals surface area (Å²) in [5.41, 5.74) is 0. The Morgan fingerprint density at radius 3 is 2.60 bits per heavy atom. The molecule has 0 aliphatic heterocycles. The first-order chi connectivity index (χ1) is 4.81. The van der Waals surface area contributed by atoms with Crippen LogP contribution in [0.25, 0.3) is 0 Å². The maximum atomic E-state index is 5.38. The van der Waals surface area contributed by atoms with Crippen molar-refractivity contribution in [2.75, 3.05) is 13.7 Å². The van der Waals surface area contributed by atoms with Crippen LogP contribution >= 0.6 is 0 Å². The zero-order chi connectivity index (χ0) is 7.82. The van der Waals surface area contributed by atoms with E-state index in [0.29, 0.717) is 0 Å². The smallest absolute Gasteiger partial charge is 0.105 e. The number of ether oxygens (including phenoxy) is 1. The largest absolute Gasteiger partial charge is 0.364 e. The Morgan fingerprint density at radius 2 is 2.10 bits per heavy atom. The average molecular weight is 145 g/mol. The van der Waals surface area contributed by atoms with E-state index in [1.807, 2.05) is 14.0 Å². The van der Waals surface area contributed by atoms with Gasteiger partial charge in [-0.15, -0.1) is 0 Å². The van der Waals surface area contributed by atoms with Crippen LogP contribution in [0.3, 0.4) is 0 Å². The minimum absolute atomic E-state index is 0.205. The molecule has 0 bridgehead atoms. The van der Waals surface area contributed by atoms with Crippen LogP contribution in [-0.2, 0) is 4.74 Å². The molecule has 0 saturated carbocycles. The van der Waals surface area contributed by atoms with Crippen molar-refractivity contribution in [2.24, 2.45) is 0 Å². The molecule has 1 atom stereocenters. The SMILES string of the molecule is CCCCCOC(C)NC. The molecule has 0 heterocycles. The minimum Gasteiger partial charge on any atom is -0.364 e. The van der Waals surface area contributed by atoms with E-state index in [2.05, 4.69) is 12.2 Å². The summed E-state index contributed by atoms with van der Waals surface area (Å²) in [6, 6.07) is 0. The van der Waals surface area contributed by atoms with Gasteiger partial charge in [-0.05, 0) is 20.4 Å². The summed E-state index contributed by atoms with van der Waals surface area (Å²) in [6.45, 7) is 5.10. The van der Waals surface area contributed by atoms with Crippen LogP contribution < -0.4 is 5.32 Å². The highest BCUT2D eigenvalue weighted by atomic mass is 16.5. The van der Waals surface area contributed by atoms with Crippen molar-refractivity contribution < 1.29 is 4.74 Å². The van der Waals surface area contributed by atoms with E-state index < -0.39 is 0 Å². The summed E-state index contributed by atoms with van der Waals surface area (Å²) >= 11 is 0. The highest BCUT2D eigenvalue weighted by Gasteiger charge is 1.94. The first-order valence-corrected chi connectivity index (χ1v) is 4.10. The highest BCUT2D eigenvalue weighted by Crippen LogP contribution is 1.95. The molecule has 0 radical (unpaired) electrons. The lowest BCUT2D eigenvalue weighted by molar-refractivity contribution is 0.0458. The lowest BCUT2D eigenvalue weighted by Gasteiger charge is -2.10. The van der Waals surface area contributed by atoms with Crippen LogP contribution in [0.15, 0.2) is 0 Å².